The van der Waals surface area contributed by atoms with Gasteiger partial charge in [-0.1, -0.05) is 97.1 Å². The molecule has 1 aromatic heterocycles. The summed E-state index contributed by atoms with van der Waals surface area (Å²) in [5, 5.41) is 12.8. The standard InChI is InChI=1S/C31H26N2O4/c1-20(22-7-3-2-4-8-22)37-31(36)33-30-26-9-5-6-10-27(26)32-29(30)25-17-15-24(16-18-25)23-13-11-21(12-14-23)19-28(34)35/h2-18,20,32H,19H2,1H3,(H,33,36)(H,34,35). The van der Waals surface area contributed by atoms with Crippen molar-refractivity contribution >= 4 is 28.7 Å². The molecule has 6 nitrogen and oxygen atoms in total. The van der Waals surface area contributed by atoms with Crippen molar-refractivity contribution in [1.29, 1.82) is 0 Å². The smallest absolute Gasteiger partial charge is 0.412 e. The summed E-state index contributed by atoms with van der Waals surface area (Å²) in [6.45, 7) is 1.85. The number of aromatic amines is 1. The van der Waals surface area contributed by atoms with E-state index in [2.05, 4.69) is 10.3 Å². The largest absolute Gasteiger partial charge is 0.481 e. The fraction of sp³-hybridized carbons (Fsp3) is 0.0968. The highest BCUT2D eigenvalue weighted by Crippen LogP contribution is 2.36. The van der Waals surface area contributed by atoms with Crippen LogP contribution in [0.3, 0.4) is 0 Å². The number of anilines is 1. The molecule has 0 spiro atoms. The lowest BCUT2D eigenvalue weighted by Crippen LogP contribution is -2.16. The topological polar surface area (TPSA) is 91.4 Å². The van der Waals surface area contributed by atoms with Crippen LogP contribution in [0.1, 0.15) is 24.2 Å². The Morgan fingerprint density at radius 3 is 2.08 bits per heavy atom. The van der Waals surface area contributed by atoms with E-state index in [1.807, 2.05) is 110 Å². The number of ether oxygens (including phenoxy) is 1. The van der Waals surface area contributed by atoms with Crippen LogP contribution in [0, 0.1) is 0 Å². The molecule has 6 heteroatoms. The van der Waals surface area contributed by atoms with Crippen LogP contribution in [-0.2, 0) is 16.0 Å². The number of carbonyl (C=O) groups excluding carboxylic acids is 1. The molecule has 0 saturated carbocycles. The Morgan fingerprint density at radius 1 is 0.811 bits per heavy atom. The monoisotopic (exact) mass is 490 g/mol. The number of carboxylic acid groups (broad SMARTS) is 1. The van der Waals surface area contributed by atoms with Crippen molar-refractivity contribution in [2.24, 2.45) is 0 Å². The molecule has 3 N–H and O–H groups in total. The van der Waals surface area contributed by atoms with E-state index in [1.54, 1.807) is 0 Å². The van der Waals surface area contributed by atoms with Gasteiger partial charge in [0.1, 0.15) is 6.10 Å². The maximum atomic E-state index is 12.9. The minimum absolute atomic E-state index is 0.00192. The average molecular weight is 491 g/mol. The minimum atomic E-state index is -0.849. The molecule has 0 aliphatic heterocycles. The molecule has 1 amide bonds. The normalized spacial score (nSPS) is 11.7. The lowest BCUT2D eigenvalue weighted by molar-refractivity contribution is -0.136. The third-order valence-electron chi connectivity index (χ3n) is 6.30. The molecule has 4 aromatic carbocycles. The third kappa shape index (κ3) is 5.38. The Labute approximate surface area is 214 Å². The lowest BCUT2D eigenvalue weighted by atomic mass is 10.0. The zero-order chi connectivity index (χ0) is 25.8. The highest BCUT2D eigenvalue weighted by Gasteiger charge is 2.18. The highest BCUT2D eigenvalue weighted by atomic mass is 16.6. The van der Waals surface area contributed by atoms with Gasteiger partial charge in [-0.25, -0.2) is 4.79 Å². The van der Waals surface area contributed by atoms with E-state index >= 15 is 0 Å². The van der Waals surface area contributed by atoms with Crippen LogP contribution < -0.4 is 5.32 Å². The Morgan fingerprint density at radius 2 is 1.41 bits per heavy atom. The molecule has 0 aliphatic rings. The van der Waals surface area contributed by atoms with Crippen molar-refractivity contribution in [1.82, 2.24) is 4.98 Å². The zero-order valence-corrected chi connectivity index (χ0v) is 20.3. The van der Waals surface area contributed by atoms with Crippen LogP contribution in [0.2, 0.25) is 0 Å². The van der Waals surface area contributed by atoms with E-state index in [-0.39, 0.29) is 6.42 Å². The van der Waals surface area contributed by atoms with E-state index in [9.17, 15) is 9.59 Å². The summed E-state index contributed by atoms with van der Waals surface area (Å²) in [5.41, 5.74) is 6.94. The number of carboxylic acids is 1. The third-order valence-corrected chi connectivity index (χ3v) is 6.30. The first-order valence-electron chi connectivity index (χ1n) is 12.0. The van der Waals surface area contributed by atoms with Crippen LogP contribution in [0.5, 0.6) is 0 Å². The molecule has 0 radical (unpaired) electrons. The van der Waals surface area contributed by atoms with Gasteiger partial charge in [0, 0.05) is 16.5 Å². The van der Waals surface area contributed by atoms with Crippen molar-refractivity contribution in [3.63, 3.8) is 0 Å². The molecular weight excluding hydrogens is 464 g/mol. The summed E-state index contributed by atoms with van der Waals surface area (Å²) in [6.07, 6.45) is -0.918. The molecule has 1 unspecified atom stereocenters. The number of para-hydroxylation sites is 1. The van der Waals surface area contributed by atoms with Gasteiger partial charge in [-0.3, -0.25) is 10.1 Å². The second-order valence-electron chi connectivity index (χ2n) is 8.85. The SMILES string of the molecule is CC(OC(=O)Nc1c(-c2ccc(-c3ccc(CC(=O)O)cc3)cc2)[nH]c2ccccc12)c1ccccc1. The van der Waals surface area contributed by atoms with E-state index in [0.717, 1.165) is 44.4 Å². The van der Waals surface area contributed by atoms with E-state index in [1.165, 1.54) is 0 Å². The minimum Gasteiger partial charge on any atom is -0.481 e. The molecule has 37 heavy (non-hydrogen) atoms. The molecule has 1 atom stereocenters. The van der Waals surface area contributed by atoms with Gasteiger partial charge >= 0.3 is 12.1 Å². The molecule has 5 rings (SSSR count). The summed E-state index contributed by atoms with van der Waals surface area (Å²) >= 11 is 0. The number of rotatable bonds is 7. The number of fused-ring (bicyclic) bond motifs is 1. The summed E-state index contributed by atoms with van der Waals surface area (Å²) in [7, 11) is 0. The van der Waals surface area contributed by atoms with Crippen molar-refractivity contribution in [2.75, 3.05) is 5.32 Å². The summed E-state index contributed by atoms with van der Waals surface area (Å²) in [6, 6.07) is 32.9. The second kappa shape index (κ2) is 10.4. The fourth-order valence-electron chi connectivity index (χ4n) is 4.39. The van der Waals surface area contributed by atoms with E-state index < -0.39 is 18.2 Å². The molecule has 1 heterocycles. The molecule has 0 fully saturated rings. The van der Waals surface area contributed by atoms with Gasteiger partial charge < -0.3 is 14.8 Å². The van der Waals surface area contributed by atoms with E-state index in [4.69, 9.17) is 9.84 Å². The molecule has 5 aromatic rings. The predicted octanol–water partition coefficient (Wildman–Crippen LogP) is 7.44. The second-order valence-corrected chi connectivity index (χ2v) is 8.85. The number of hydrogen-bond donors (Lipinski definition) is 3. The maximum Gasteiger partial charge on any atom is 0.412 e. The number of aromatic nitrogens is 1. The van der Waals surface area contributed by atoms with Crippen LogP contribution in [-0.4, -0.2) is 22.2 Å². The number of carbonyl (C=O) groups is 2. The van der Waals surface area contributed by atoms with Crippen molar-refractivity contribution < 1.29 is 19.4 Å². The number of H-pyrrole nitrogens is 1. The molecule has 184 valence electrons. The Bertz CT molecular complexity index is 1540. The van der Waals surface area contributed by atoms with Gasteiger partial charge in [-0.2, -0.15) is 0 Å². The molecule has 0 bridgehead atoms. The van der Waals surface area contributed by atoms with Crippen LogP contribution in [0.25, 0.3) is 33.3 Å². The van der Waals surface area contributed by atoms with Gasteiger partial charge in [-0.15, -0.1) is 0 Å². The van der Waals surface area contributed by atoms with Crippen molar-refractivity contribution in [3.05, 3.63) is 114 Å². The number of hydrogen-bond acceptors (Lipinski definition) is 3. The zero-order valence-electron chi connectivity index (χ0n) is 20.3. The Kier molecular flexibility index (Phi) is 6.72. The summed E-state index contributed by atoms with van der Waals surface area (Å²) < 4.78 is 5.66. The average Bonchev–Trinajstić information content (AvgIpc) is 3.27. The lowest BCUT2D eigenvalue weighted by Gasteiger charge is -2.15. The van der Waals surface area contributed by atoms with Gasteiger partial charge in [0.15, 0.2) is 0 Å². The van der Waals surface area contributed by atoms with E-state index in [0.29, 0.717) is 5.69 Å². The number of aliphatic carboxylic acids is 1. The summed E-state index contributed by atoms with van der Waals surface area (Å²) in [4.78, 5) is 27.2. The van der Waals surface area contributed by atoms with Crippen LogP contribution in [0.4, 0.5) is 10.5 Å². The first kappa shape index (κ1) is 23.9. The van der Waals surface area contributed by atoms with Crippen LogP contribution in [0.15, 0.2) is 103 Å². The summed E-state index contributed by atoms with van der Waals surface area (Å²) in [5.74, 6) is -0.849. The van der Waals surface area contributed by atoms with Gasteiger partial charge in [0.2, 0.25) is 0 Å². The number of benzene rings is 4. The molecular formula is C31H26N2O4. The Balaban J connectivity index is 1.40. The van der Waals surface area contributed by atoms with Crippen LogP contribution >= 0.6 is 0 Å². The first-order valence-corrected chi connectivity index (χ1v) is 12.0. The van der Waals surface area contributed by atoms with Crippen molar-refractivity contribution in [2.45, 2.75) is 19.4 Å². The quantitative estimate of drug-likeness (QED) is 0.221. The van der Waals surface area contributed by atoms with Gasteiger partial charge in [0.05, 0.1) is 17.8 Å². The highest BCUT2D eigenvalue weighted by molar-refractivity contribution is 6.06. The molecule has 0 aliphatic carbocycles. The Hall–Kier alpha value is -4.84. The first-order chi connectivity index (χ1) is 18.0. The number of nitrogens with one attached hydrogen (secondary N) is 2. The van der Waals surface area contributed by atoms with Crippen molar-refractivity contribution in [3.8, 4) is 22.4 Å². The number of amides is 1. The maximum absolute atomic E-state index is 12.9. The van der Waals surface area contributed by atoms with Gasteiger partial charge in [-0.05, 0) is 35.2 Å². The van der Waals surface area contributed by atoms with Gasteiger partial charge in [0.25, 0.3) is 0 Å². The predicted molar refractivity (Wildman–Crippen MR) is 145 cm³/mol. The molecule has 0 saturated heterocycles. The fourth-order valence-corrected chi connectivity index (χ4v) is 4.39.